The van der Waals surface area contributed by atoms with Crippen LogP contribution in [0.1, 0.15) is 32.6 Å². The van der Waals surface area contributed by atoms with E-state index in [1.54, 1.807) is 0 Å². The third-order valence-corrected chi connectivity index (χ3v) is 3.60. The molecule has 0 aromatic carbocycles. The van der Waals surface area contributed by atoms with Crippen molar-refractivity contribution >= 4 is 5.95 Å². The highest BCUT2D eigenvalue weighted by molar-refractivity contribution is 5.28. The Kier molecular flexibility index (Phi) is 4.31. The second kappa shape index (κ2) is 5.96. The molecule has 1 aliphatic rings. The number of nitrogens with one attached hydrogen (secondary N) is 1. The van der Waals surface area contributed by atoms with Crippen molar-refractivity contribution in [3.05, 3.63) is 18.5 Å². The van der Waals surface area contributed by atoms with Crippen molar-refractivity contribution in [1.29, 1.82) is 0 Å². The van der Waals surface area contributed by atoms with E-state index in [1.807, 2.05) is 18.5 Å². The molecule has 4 heteroatoms. The predicted molar refractivity (Wildman–Crippen MR) is 70.2 cm³/mol. The van der Waals surface area contributed by atoms with Crippen molar-refractivity contribution in [2.45, 2.75) is 44.7 Å². The Labute approximate surface area is 103 Å². The van der Waals surface area contributed by atoms with Crippen LogP contribution in [0.5, 0.6) is 0 Å². The summed E-state index contributed by atoms with van der Waals surface area (Å²) in [6.07, 6.45) is 8.59. The third-order valence-electron chi connectivity index (χ3n) is 3.60. The molecule has 1 aromatic heterocycles. The zero-order valence-corrected chi connectivity index (χ0v) is 10.8. The monoisotopic (exact) mass is 234 g/mol. The molecule has 0 radical (unpaired) electrons. The van der Waals surface area contributed by atoms with Crippen LogP contribution >= 0.6 is 0 Å². The second-order valence-corrected chi connectivity index (χ2v) is 4.72. The smallest absolute Gasteiger partial charge is 0.225 e. The van der Waals surface area contributed by atoms with Gasteiger partial charge in [-0.3, -0.25) is 0 Å². The van der Waals surface area contributed by atoms with Crippen LogP contribution in [0, 0.1) is 0 Å². The van der Waals surface area contributed by atoms with E-state index in [4.69, 9.17) is 0 Å². The highest BCUT2D eigenvalue weighted by Crippen LogP contribution is 2.24. The summed E-state index contributed by atoms with van der Waals surface area (Å²) in [5.41, 5.74) is 0. The van der Waals surface area contributed by atoms with E-state index < -0.39 is 0 Å². The first-order chi connectivity index (χ1) is 8.31. The van der Waals surface area contributed by atoms with E-state index in [-0.39, 0.29) is 0 Å². The molecule has 0 saturated heterocycles. The van der Waals surface area contributed by atoms with Gasteiger partial charge in [0.05, 0.1) is 0 Å². The standard InChI is InChI=1S/C13H22N4/c1-3-14-11-5-7-12(8-6-11)17(2)13-15-9-4-10-16-13/h4,9-12,14H,3,5-8H2,1-2H3. The summed E-state index contributed by atoms with van der Waals surface area (Å²) < 4.78 is 0. The maximum Gasteiger partial charge on any atom is 0.225 e. The molecule has 1 fully saturated rings. The maximum atomic E-state index is 4.31. The van der Waals surface area contributed by atoms with Gasteiger partial charge in [0, 0.05) is 31.5 Å². The van der Waals surface area contributed by atoms with E-state index >= 15 is 0 Å². The fourth-order valence-corrected chi connectivity index (χ4v) is 2.59. The van der Waals surface area contributed by atoms with Crippen LogP contribution < -0.4 is 10.2 Å². The topological polar surface area (TPSA) is 41.0 Å². The summed E-state index contributed by atoms with van der Waals surface area (Å²) in [5.74, 6) is 0.847. The van der Waals surface area contributed by atoms with Gasteiger partial charge in [-0.15, -0.1) is 0 Å². The minimum absolute atomic E-state index is 0.590. The largest absolute Gasteiger partial charge is 0.341 e. The van der Waals surface area contributed by atoms with Crippen molar-refractivity contribution in [3.63, 3.8) is 0 Å². The van der Waals surface area contributed by atoms with Gasteiger partial charge < -0.3 is 10.2 Å². The number of nitrogens with zero attached hydrogens (tertiary/aromatic N) is 3. The zero-order valence-electron chi connectivity index (χ0n) is 10.8. The van der Waals surface area contributed by atoms with E-state index in [2.05, 4.69) is 34.2 Å². The molecule has 2 rings (SSSR count). The molecule has 1 aliphatic carbocycles. The van der Waals surface area contributed by atoms with Crippen LogP contribution in [-0.2, 0) is 0 Å². The number of rotatable bonds is 4. The van der Waals surface area contributed by atoms with Crippen LogP contribution in [0.2, 0.25) is 0 Å². The molecular formula is C13H22N4. The van der Waals surface area contributed by atoms with Gasteiger partial charge in [0.1, 0.15) is 0 Å². The van der Waals surface area contributed by atoms with Gasteiger partial charge in [-0.25, -0.2) is 9.97 Å². The first-order valence-electron chi connectivity index (χ1n) is 6.54. The maximum absolute atomic E-state index is 4.31. The molecule has 0 aliphatic heterocycles. The SMILES string of the molecule is CCNC1CCC(N(C)c2ncccn2)CC1. The van der Waals surface area contributed by atoms with Gasteiger partial charge >= 0.3 is 0 Å². The first-order valence-corrected chi connectivity index (χ1v) is 6.54. The highest BCUT2D eigenvalue weighted by atomic mass is 15.2. The number of aromatic nitrogens is 2. The van der Waals surface area contributed by atoms with Crippen molar-refractivity contribution in [3.8, 4) is 0 Å². The number of hydrogen-bond donors (Lipinski definition) is 1. The molecule has 0 bridgehead atoms. The second-order valence-electron chi connectivity index (χ2n) is 4.72. The van der Waals surface area contributed by atoms with Crippen LogP contribution in [0.25, 0.3) is 0 Å². The minimum Gasteiger partial charge on any atom is -0.341 e. The fraction of sp³-hybridized carbons (Fsp3) is 0.692. The molecule has 0 unspecified atom stereocenters. The molecule has 0 amide bonds. The predicted octanol–water partition coefficient (Wildman–Crippen LogP) is 1.83. The van der Waals surface area contributed by atoms with Crippen LogP contribution in [0.3, 0.4) is 0 Å². The Hall–Kier alpha value is -1.16. The molecule has 17 heavy (non-hydrogen) atoms. The van der Waals surface area contributed by atoms with Gasteiger partial charge in [-0.2, -0.15) is 0 Å². The number of hydrogen-bond acceptors (Lipinski definition) is 4. The molecule has 4 nitrogen and oxygen atoms in total. The van der Waals surface area contributed by atoms with Crippen LogP contribution in [0.4, 0.5) is 5.95 Å². The summed E-state index contributed by atoms with van der Waals surface area (Å²) >= 11 is 0. The summed E-state index contributed by atoms with van der Waals surface area (Å²) in [6.45, 7) is 3.25. The molecular weight excluding hydrogens is 212 g/mol. The normalized spacial score (nSPS) is 24.6. The van der Waals surface area contributed by atoms with Crippen molar-refractivity contribution in [1.82, 2.24) is 15.3 Å². The lowest BCUT2D eigenvalue weighted by Gasteiger charge is -2.34. The van der Waals surface area contributed by atoms with E-state index in [0.29, 0.717) is 12.1 Å². The lowest BCUT2D eigenvalue weighted by Crippen LogP contribution is -2.41. The molecule has 1 aromatic rings. The highest BCUT2D eigenvalue weighted by Gasteiger charge is 2.24. The van der Waals surface area contributed by atoms with E-state index in [9.17, 15) is 0 Å². The van der Waals surface area contributed by atoms with Gasteiger partial charge in [0.15, 0.2) is 0 Å². The Balaban J connectivity index is 1.88. The fourth-order valence-electron chi connectivity index (χ4n) is 2.59. The molecule has 1 saturated carbocycles. The van der Waals surface area contributed by atoms with Crippen molar-refractivity contribution in [2.24, 2.45) is 0 Å². The van der Waals surface area contributed by atoms with E-state index in [1.165, 1.54) is 25.7 Å². The van der Waals surface area contributed by atoms with E-state index in [0.717, 1.165) is 12.5 Å². The van der Waals surface area contributed by atoms with Crippen LogP contribution in [0.15, 0.2) is 18.5 Å². The molecule has 1 N–H and O–H groups in total. The zero-order chi connectivity index (χ0) is 12.1. The summed E-state index contributed by atoms with van der Waals surface area (Å²) in [7, 11) is 2.10. The lowest BCUT2D eigenvalue weighted by molar-refractivity contribution is 0.340. The first kappa shape index (κ1) is 12.3. The quantitative estimate of drug-likeness (QED) is 0.863. The average Bonchev–Trinajstić information content (AvgIpc) is 2.40. The van der Waals surface area contributed by atoms with Crippen molar-refractivity contribution in [2.75, 3.05) is 18.5 Å². The Morgan fingerprint density at radius 1 is 1.24 bits per heavy atom. The summed E-state index contributed by atoms with van der Waals surface area (Å²) in [5, 5.41) is 3.53. The molecule has 1 heterocycles. The van der Waals surface area contributed by atoms with Gasteiger partial charge in [0.2, 0.25) is 5.95 Å². The Bertz CT molecular complexity index is 319. The summed E-state index contributed by atoms with van der Waals surface area (Å²) in [4.78, 5) is 10.8. The van der Waals surface area contributed by atoms with Crippen molar-refractivity contribution < 1.29 is 0 Å². The third kappa shape index (κ3) is 3.16. The molecule has 94 valence electrons. The Morgan fingerprint density at radius 3 is 2.47 bits per heavy atom. The summed E-state index contributed by atoms with van der Waals surface area (Å²) in [6, 6.07) is 3.16. The van der Waals surface area contributed by atoms with Gasteiger partial charge in [-0.1, -0.05) is 6.92 Å². The Morgan fingerprint density at radius 2 is 1.88 bits per heavy atom. The average molecular weight is 234 g/mol. The molecule has 0 atom stereocenters. The van der Waals surface area contributed by atoms with Gasteiger partial charge in [0.25, 0.3) is 0 Å². The number of anilines is 1. The van der Waals surface area contributed by atoms with Crippen LogP contribution in [-0.4, -0.2) is 35.6 Å². The lowest BCUT2D eigenvalue weighted by atomic mass is 9.90. The minimum atomic E-state index is 0.590. The molecule has 0 spiro atoms. The van der Waals surface area contributed by atoms with Gasteiger partial charge in [-0.05, 0) is 38.3 Å².